The fraction of sp³-hybridized carbons (Fsp3) is 0.105. The summed E-state index contributed by atoms with van der Waals surface area (Å²) >= 11 is 0. The van der Waals surface area contributed by atoms with Gasteiger partial charge in [-0.15, -0.1) is 0 Å². The topological polar surface area (TPSA) is 67.9 Å². The van der Waals surface area contributed by atoms with E-state index in [2.05, 4.69) is 11.2 Å². The zero-order valence-electron chi connectivity index (χ0n) is 13.1. The molecule has 118 valence electrons. The van der Waals surface area contributed by atoms with Crippen LogP contribution in [0.3, 0.4) is 0 Å². The van der Waals surface area contributed by atoms with E-state index in [-0.39, 0.29) is 5.97 Å². The number of hydrogen-bond acceptors (Lipinski definition) is 4. The van der Waals surface area contributed by atoms with Gasteiger partial charge in [0.15, 0.2) is 0 Å². The maximum Gasteiger partial charge on any atom is 0.337 e. The van der Waals surface area contributed by atoms with Gasteiger partial charge in [0.1, 0.15) is 0 Å². The summed E-state index contributed by atoms with van der Waals surface area (Å²) < 4.78 is 6.55. The average Bonchev–Trinajstić information content (AvgIpc) is 3.09. The van der Waals surface area contributed by atoms with Gasteiger partial charge >= 0.3 is 5.97 Å². The largest absolute Gasteiger partial charge is 0.465 e. The van der Waals surface area contributed by atoms with Crippen LogP contribution in [0.5, 0.6) is 0 Å². The first-order valence-corrected chi connectivity index (χ1v) is 7.40. The molecule has 2 aromatic carbocycles. The van der Waals surface area contributed by atoms with Gasteiger partial charge in [0.2, 0.25) is 0 Å². The van der Waals surface area contributed by atoms with Gasteiger partial charge in [-0.3, -0.25) is 4.68 Å². The number of aromatic nitrogens is 2. The molecule has 0 saturated heterocycles. The molecular weight excluding hydrogens is 302 g/mol. The zero-order valence-corrected chi connectivity index (χ0v) is 13.1. The van der Waals surface area contributed by atoms with E-state index in [1.54, 1.807) is 30.5 Å². The normalized spacial score (nSPS) is 10.2. The molecule has 3 rings (SSSR count). The van der Waals surface area contributed by atoms with Crippen LogP contribution >= 0.6 is 0 Å². The van der Waals surface area contributed by atoms with Gasteiger partial charge in [-0.1, -0.05) is 24.3 Å². The predicted octanol–water partition coefficient (Wildman–Crippen LogP) is 3.26. The van der Waals surface area contributed by atoms with Crippen molar-refractivity contribution in [1.29, 1.82) is 5.26 Å². The highest BCUT2D eigenvalue weighted by Gasteiger charge is 2.07. The summed E-state index contributed by atoms with van der Waals surface area (Å²) in [5.74, 6) is -0.351. The quantitative estimate of drug-likeness (QED) is 0.693. The number of rotatable bonds is 4. The number of carbonyl (C=O) groups is 1. The standard InChI is InChI=1S/C19H15N3O2/c1-24-19(23)17-4-2-3-15(9-17)12-22-13-18(11-21-22)16-7-5-14(10-20)6-8-16/h2-9,11,13H,12H2,1H3. The first-order valence-electron chi connectivity index (χ1n) is 7.40. The third kappa shape index (κ3) is 3.33. The number of nitrogens with zero attached hydrogens (tertiary/aromatic N) is 3. The molecule has 0 atom stereocenters. The third-order valence-corrected chi connectivity index (χ3v) is 3.67. The Morgan fingerprint density at radius 1 is 1.21 bits per heavy atom. The molecule has 5 heteroatoms. The minimum absolute atomic E-state index is 0.351. The number of esters is 1. The van der Waals surface area contributed by atoms with E-state index in [1.807, 2.05) is 35.1 Å². The highest BCUT2D eigenvalue weighted by atomic mass is 16.5. The first kappa shape index (κ1) is 15.5. The highest BCUT2D eigenvalue weighted by Crippen LogP contribution is 2.19. The average molecular weight is 317 g/mol. The van der Waals surface area contributed by atoms with Crippen molar-refractivity contribution < 1.29 is 9.53 Å². The number of ether oxygens (including phenoxy) is 1. The lowest BCUT2D eigenvalue weighted by atomic mass is 10.1. The lowest BCUT2D eigenvalue weighted by molar-refractivity contribution is 0.0600. The Morgan fingerprint density at radius 3 is 2.71 bits per heavy atom. The maximum absolute atomic E-state index is 11.6. The van der Waals surface area contributed by atoms with Crippen LogP contribution in [0.15, 0.2) is 60.9 Å². The molecule has 3 aromatic rings. The van der Waals surface area contributed by atoms with E-state index in [0.29, 0.717) is 17.7 Å². The molecule has 24 heavy (non-hydrogen) atoms. The van der Waals surface area contributed by atoms with Crippen LogP contribution in [0.1, 0.15) is 21.5 Å². The van der Waals surface area contributed by atoms with E-state index < -0.39 is 0 Å². The number of methoxy groups -OCH3 is 1. The molecule has 0 aliphatic heterocycles. The Bertz CT molecular complexity index is 905. The summed E-state index contributed by atoms with van der Waals surface area (Å²) in [5.41, 5.74) is 4.10. The van der Waals surface area contributed by atoms with Crippen LogP contribution < -0.4 is 0 Å². The first-order chi connectivity index (χ1) is 11.7. The van der Waals surface area contributed by atoms with Crippen molar-refractivity contribution in [3.63, 3.8) is 0 Å². The molecular formula is C19H15N3O2. The second kappa shape index (κ2) is 6.80. The molecule has 0 unspecified atom stereocenters. The van der Waals surface area contributed by atoms with Crippen LogP contribution in [0.25, 0.3) is 11.1 Å². The molecule has 0 amide bonds. The number of benzene rings is 2. The summed E-state index contributed by atoms with van der Waals surface area (Å²) in [5, 5.41) is 13.2. The number of hydrogen-bond donors (Lipinski definition) is 0. The number of nitriles is 1. The molecule has 0 N–H and O–H groups in total. The van der Waals surface area contributed by atoms with Crippen LogP contribution in [-0.4, -0.2) is 22.9 Å². The van der Waals surface area contributed by atoms with Crippen LogP contribution in [0.2, 0.25) is 0 Å². The van der Waals surface area contributed by atoms with Crippen LogP contribution in [-0.2, 0) is 11.3 Å². The molecule has 0 fully saturated rings. The smallest absolute Gasteiger partial charge is 0.337 e. The van der Waals surface area contributed by atoms with Crippen molar-refractivity contribution in [3.8, 4) is 17.2 Å². The Morgan fingerprint density at radius 2 is 2.00 bits per heavy atom. The van der Waals surface area contributed by atoms with Gasteiger partial charge in [0.05, 0.1) is 37.0 Å². The Balaban J connectivity index is 1.79. The predicted molar refractivity (Wildman–Crippen MR) is 89.3 cm³/mol. The van der Waals surface area contributed by atoms with Gasteiger partial charge in [-0.2, -0.15) is 10.4 Å². The molecule has 0 spiro atoms. The maximum atomic E-state index is 11.6. The van der Waals surface area contributed by atoms with E-state index >= 15 is 0 Å². The van der Waals surface area contributed by atoms with Crippen molar-refractivity contribution in [1.82, 2.24) is 9.78 Å². The van der Waals surface area contributed by atoms with Crippen molar-refractivity contribution >= 4 is 5.97 Å². The molecule has 0 aliphatic carbocycles. The lowest BCUT2D eigenvalue weighted by Gasteiger charge is -2.04. The molecule has 0 radical (unpaired) electrons. The van der Waals surface area contributed by atoms with Crippen LogP contribution in [0.4, 0.5) is 0 Å². The second-order valence-corrected chi connectivity index (χ2v) is 5.31. The molecule has 1 aromatic heterocycles. The van der Waals surface area contributed by atoms with Crippen molar-refractivity contribution in [2.75, 3.05) is 7.11 Å². The lowest BCUT2D eigenvalue weighted by Crippen LogP contribution is -2.04. The van der Waals surface area contributed by atoms with Gasteiger partial charge in [0.25, 0.3) is 0 Å². The van der Waals surface area contributed by atoms with Gasteiger partial charge in [-0.05, 0) is 35.4 Å². The van der Waals surface area contributed by atoms with E-state index in [9.17, 15) is 4.79 Å². The fourth-order valence-electron chi connectivity index (χ4n) is 2.44. The monoisotopic (exact) mass is 317 g/mol. The molecule has 0 bridgehead atoms. The zero-order chi connectivity index (χ0) is 16.9. The Labute approximate surface area is 139 Å². The molecule has 5 nitrogen and oxygen atoms in total. The van der Waals surface area contributed by atoms with E-state index in [0.717, 1.165) is 16.7 Å². The van der Waals surface area contributed by atoms with E-state index in [4.69, 9.17) is 10.00 Å². The second-order valence-electron chi connectivity index (χ2n) is 5.31. The molecule has 0 aliphatic rings. The molecule has 0 saturated carbocycles. The van der Waals surface area contributed by atoms with Gasteiger partial charge < -0.3 is 4.74 Å². The van der Waals surface area contributed by atoms with E-state index in [1.165, 1.54) is 7.11 Å². The summed E-state index contributed by atoms with van der Waals surface area (Å²) in [4.78, 5) is 11.6. The SMILES string of the molecule is COC(=O)c1cccc(Cn2cc(-c3ccc(C#N)cc3)cn2)c1. The Hall–Kier alpha value is -3.39. The molecule has 1 heterocycles. The number of carbonyl (C=O) groups excluding carboxylic acids is 1. The third-order valence-electron chi connectivity index (χ3n) is 3.67. The van der Waals surface area contributed by atoms with Gasteiger partial charge in [-0.25, -0.2) is 4.79 Å². The summed E-state index contributed by atoms with van der Waals surface area (Å²) in [6.45, 7) is 0.557. The minimum atomic E-state index is -0.351. The van der Waals surface area contributed by atoms with Crippen molar-refractivity contribution in [3.05, 3.63) is 77.6 Å². The van der Waals surface area contributed by atoms with Crippen molar-refractivity contribution in [2.45, 2.75) is 6.54 Å². The van der Waals surface area contributed by atoms with Crippen molar-refractivity contribution in [2.24, 2.45) is 0 Å². The Kier molecular flexibility index (Phi) is 4.39. The van der Waals surface area contributed by atoms with Gasteiger partial charge in [0, 0.05) is 11.8 Å². The summed E-state index contributed by atoms with van der Waals surface area (Å²) in [7, 11) is 1.37. The minimum Gasteiger partial charge on any atom is -0.465 e. The summed E-state index contributed by atoms with van der Waals surface area (Å²) in [6, 6.07) is 16.8. The fourth-order valence-corrected chi connectivity index (χ4v) is 2.44. The van der Waals surface area contributed by atoms with Crippen LogP contribution in [0, 0.1) is 11.3 Å². The summed E-state index contributed by atoms with van der Waals surface area (Å²) in [6.07, 6.45) is 3.72. The highest BCUT2D eigenvalue weighted by molar-refractivity contribution is 5.89.